The average molecular weight is 465 g/mol. The molecule has 0 aliphatic heterocycles. The Hall–Kier alpha value is -3.35. The molecule has 7 nitrogen and oxygen atoms in total. The van der Waals surface area contributed by atoms with Crippen molar-refractivity contribution in [1.82, 2.24) is 10.6 Å². The molecule has 2 aromatic carbocycles. The fourth-order valence-corrected chi connectivity index (χ4v) is 5.20. The highest BCUT2D eigenvalue weighted by Gasteiger charge is 2.30. The minimum atomic E-state index is -1.02. The molecule has 180 valence electrons. The molecule has 0 bridgehead atoms. The first-order valence-electron chi connectivity index (χ1n) is 12.0. The minimum absolute atomic E-state index is 0.00638. The lowest BCUT2D eigenvalue weighted by Crippen LogP contribution is -2.48. The Labute approximate surface area is 199 Å². The van der Waals surface area contributed by atoms with Crippen LogP contribution in [-0.4, -0.2) is 42.3 Å². The second kappa shape index (κ2) is 10.7. The highest BCUT2D eigenvalue weighted by atomic mass is 16.5. The normalized spacial score (nSPS) is 19.7. The molecule has 2 aliphatic carbocycles. The van der Waals surface area contributed by atoms with Crippen LogP contribution in [0.1, 0.15) is 56.1 Å². The maximum Gasteiger partial charge on any atom is 0.407 e. The summed E-state index contributed by atoms with van der Waals surface area (Å²) < 4.78 is 5.54. The van der Waals surface area contributed by atoms with Gasteiger partial charge >= 0.3 is 12.1 Å². The van der Waals surface area contributed by atoms with Gasteiger partial charge in [-0.2, -0.15) is 0 Å². The quantitative estimate of drug-likeness (QED) is 0.513. The number of alkyl carbamates (subject to hydrolysis) is 1. The second-order valence-electron chi connectivity index (χ2n) is 9.48. The van der Waals surface area contributed by atoms with Gasteiger partial charge in [0.15, 0.2) is 0 Å². The van der Waals surface area contributed by atoms with Gasteiger partial charge in [-0.1, -0.05) is 61.9 Å². The number of aliphatic carboxylic acids is 1. The molecule has 0 saturated heterocycles. The van der Waals surface area contributed by atoms with Gasteiger partial charge in [-0.15, -0.1) is 0 Å². The number of hydrogen-bond acceptors (Lipinski definition) is 4. The number of carboxylic acids is 1. The van der Waals surface area contributed by atoms with Crippen LogP contribution in [0.4, 0.5) is 4.79 Å². The molecule has 3 N–H and O–H groups in total. The molecule has 3 unspecified atom stereocenters. The molecule has 3 atom stereocenters. The predicted molar refractivity (Wildman–Crippen MR) is 128 cm³/mol. The summed E-state index contributed by atoms with van der Waals surface area (Å²) in [7, 11) is 0. The van der Waals surface area contributed by atoms with E-state index < -0.39 is 18.1 Å². The Balaban J connectivity index is 1.36. The third kappa shape index (κ3) is 5.58. The molecule has 2 aromatic rings. The van der Waals surface area contributed by atoms with Crippen molar-refractivity contribution in [1.29, 1.82) is 0 Å². The molecule has 2 amide bonds. The first-order chi connectivity index (χ1) is 16.4. The highest BCUT2D eigenvalue weighted by molar-refractivity contribution is 5.86. The maximum absolute atomic E-state index is 12.7. The van der Waals surface area contributed by atoms with Crippen LogP contribution in [0.2, 0.25) is 0 Å². The summed E-state index contributed by atoms with van der Waals surface area (Å²) in [5, 5.41) is 14.6. The standard InChI is InChI=1S/C27H32N2O5/c1-17-10-11-18(14-17)15-28-26(32)24(12-13-25(30)31)29-27(33)34-16-23-21-8-4-2-6-19(21)20-7-3-5-9-22(20)23/h2-9,17-18,23-24H,10-16H2,1H3,(H,28,32)(H,29,33)(H,30,31). The van der Waals surface area contributed by atoms with Gasteiger partial charge in [0, 0.05) is 18.9 Å². The summed E-state index contributed by atoms with van der Waals surface area (Å²) in [6.07, 6.45) is 2.36. The second-order valence-corrected chi connectivity index (χ2v) is 9.48. The molecular formula is C27H32N2O5. The van der Waals surface area contributed by atoms with Gasteiger partial charge in [0.1, 0.15) is 12.6 Å². The van der Waals surface area contributed by atoms with Crippen molar-refractivity contribution >= 4 is 18.0 Å². The van der Waals surface area contributed by atoms with Gasteiger partial charge in [0.2, 0.25) is 5.91 Å². The zero-order valence-corrected chi connectivity index (χ0v) is 19.5. The number of rotatable bonds is 9. The zero-order valence-electron chi connectivity index (χ0n) is 19.5. The number of carboxylic acid groups (broad SMARTS) is 1. The van der Waals surface area contributed by atoms with E-state index in [0.717, 1.165) is 41.5 Å². The number of carbonyl (C=O) groups excluding carboxylic acids is 2. The van der Waals surface area contributed by atoms with E-state index in [1.807, 2.05) is 36.4 Å². The van der Waals surface area contributed by atoms with Crippen LogP contribution in [0.25, 0.3) is 11.1 Å². The van der Waals surface area contributed by atoms with E-state index in [2.05, 4.69) is 29.7 Å². The van der Waals surface area contributed by atoms with E-state index in [4.69, 9.17) is 9.84 Å². The van der Waals surface area contributed by atoms with Crippen LogP contribution < -0.4 is 10.6 Å². The molecule has 4 rings (SSSR count). The van der Waals surface area contributed by atoms with Crippen LogP contribution in [0.5, 0.6) is 0 Å². The lowest BCUT2D eigenvalue weighted by molar-refractivity contribution is -0.137. The number of hydrogen-bond donors (Lipinski definition) is 3. The molecule has 0 heterocycles. The van der Waals surface area contributed by atoms with Gasteiger partial charge < -0.3 is 20.5 Å². The topological polar surface area (TPSA) is 105 Å². The Morgan fingerprint density at radius 3 is 2.26 bits per heavy atom. The van der Waals surface area contributed by atoms with E-state index >= 15 is 0 Å². The number of carbonyl (C=O) groups is 3. The summed E-state index contributed by atoms with van der Waals surface area (Å²) in [5.74, 6) is -0.392. The Bertz CT molecular complexity index is 1010. The summed E-state index contributed by atoms with van der Waals surface area (Å²) >= 11 is 0. The molecule has 1 fully saturated rings. The maximum atomic E-state index is 12.7. The Kier molecular flexibility index (Phi) is 7.50. The van der Waals surface area contributed by atoms with Crippen molar-refractivity contribution in [3.8, 4) is 11.1 Å². The third-order valence-corrected chi connectivity index (χ3v) is 6.97. The van der Waals surface area contributed by atoms with Crippen molar-refractivity contribution in [3.05, 3.63) is 59.7 Å². The fraction of sp³-hybridized carbons (Fsp3) is 0.444. The van der Waals surface area contributed by atoms with Crippen molar-refractivity contribution in [3.63, 3.8) is 0 Å². The molecule has 0 radical (unpaired) electrons. The van der Waals surface area contributed by atoms with Crippen LogP contribution in [-0.2, 0) is 14.3 Å². The lowest BCUT2D eigenvalue weighted by atomic mass is 9.98. The molecule has 0 aromatic heterocycles. The minimum Gasteiger partial charge on any atom is -0.481 e. The zero-order chi connectivity index (χ0) is 24.1. The third-order valence-electron chi connectivity index (χ3n) is 6.97. The average Bonchev–Trinajstić information content (AvgIpc) is 3.39. The SMILES string of the molecule is CC1CCC(CNC(=O)C(CCC(=O)O)NC(=O)OCC2c3ccccc3-c3ccccc32)C1. The number of ether oxygens (including phenoxy) is 1. The predicted octanol–water partition coefficient (Wildman–Crippen LogP) is 4.31. The van der Waals surface area contributed by atoms with E-state index in [1.165, 1.54) is 0 Å². The molecular weight excluding hydrogens is 432 g/mol. The van der Waals surface area contributed by atoms with Crippen LogP contribution in [0, 0.1) is 11.8 Å². The van der Waals surface area contributed by atoms with Crippen LogP contribution >= 0.6 is 0 Å². The number of fused-ring (bicyclic) bond motifs is 3. The Morgan fingerprint density at radius 1 is 1.03 bits per heavy atom. The Morgan fingerprint density at radius 2 is 1.68 bits per heavy atom. The van der Waals surface area contributed by atoms with Gasteiger partial charge in [-0.3, -0.25) is 9.59 Å². The number of nitrogens with one attached hydrogen (secondary N) is 2. The van der Waals surface area contributed by atoms with Crippen molar-refractivity contribution < 1.29 is 24.2 Å². The van der Waals surface area contributed by atoms with Crippen molar-refractivity contribution in [2.75, 3.05) is 13.2 Å². The molecule has 2 aliphatic rings. The van der Waals surface area contributed by atoms with Gasteiger partial charge in [-0.25, -0.2) is 4.79 Å². The molecule has 34 heavy (non-hydrogen) atoms. The van der Waals surface area contributed by atoms with Crippen LogP contribution in [0.3, 0.4) is 0 Å². The van der Waals surface area contributed by atoms with E-state index in [-0.39, 0.29) is 31.3 Å². The summed E-state index contributed by atoms with van der Waals surface area (Å²) in [5.41, 5.74) is 4.46. The van der Waals surface area contributed by atoms with E-state index in [0.29, 0.717) is 18.4 Å². The van der Waals surface area contributed by atoms with Crippen molar-refractivity contribution in [2.24, 2.45) is 11.8 Å². The monoisotopic (exact) mass is 464 g/mol. The van der Waals surface area contributed by atoms with Gasteiger partial charge in [0.05, 0.1) is 0 Å². The molecule has 1 saturated carbocycles. The first-order valence-corrected chi connectivity index (χ1v) is 12.0. The fourth-order valence-electron chi connectivity index (χ4n) is 5.20. The molecule has 0 spiro atoms. The number of benzene rings is 2. The van der Waals surface area contributed by atoms with Crippen molar-refractivity contribution in [2.45, 2.75) is 51.0 Å². The van der Waals surface area contributed by atoms with Gasteiger partial charge in [-0.05, 0) is 53.4 Å². The smallest absolute Gasteiger partial charge is 0.407 e. The van der Waals surface area contributed by atoms with Crippen LogP contribution in [0.15, 0.2) is 48.5 Å². The van der Waals surface area contributed by atoms with Gasteiger partial charge in [0.25, 0.3) is 0 Å². The summed E-state index contributed by atoms with van der Waals surface area (Å²) in [4.78, 5) is 36.4. The first kappa shape index (κ1) is 23.8. The largest absolute Gasteiger partial charge is 0.481 e. The summed E-state index contributed by atoms with van der Waals surface area (Å²) in [6, 6.07) is 15.2. The van der Waals surface area contributed by atoms with E-state index in [9.17, 15) is 14.4 Å². The molecule has 7 heteroatoms. The van der Waals surface area contributed by atoms with E-state index in [1.54, 1.807) is 0 Å². The summed E-state index contributed by atoms with van der Waals surface area (Å²) in [6.45, 7) is 2.88. The number of amides is 2. The highest BCUT2D eigenvalue weighted by Crippen LogP contribution is 2.44. The lowest BCUT2D eigenvalue weighted by Gasteiger charge is -2.20.